The predicted molar refractivity (Wildman–Crippen MR) is 85.1 cm³/mol. The molecule has 1 rings (SSSR count). The summed E-state index contributed by atoms with van der Waals surface area (Å²) in [6.07, 6.45) is 0.842. The van der Waals surface area contributed by atoms with Crippen LogP contribution in [-0.2, 0) is 5.60 Å². The monoisotopic (exact) mass is 311 g/mol. The lowest BCUT2D eigenvalue weighted by Gasteiger charge is -2.25. The number of hydrogen-bond acceptors (Lipinski definition) is 3. The van der Waals surface area contributed by atoms with Crippen molar-refractivity contribution < 1.29 is 14.3 Å². The molecule has 0 spiro atoms. The minimum atomic E-state index is -1.25. The lowest BCUT2D eigenvalue weighted by Crippen LogP contribution is -2.46. The minimum Gasteiger partial charge on any atom is -0.384 e. The summed E-state index contributed by atoms with van der Waals surface area (Å²) in [6.45, 7) is 4.44. The predicted octanol–water partition coefficient (Wildman–Crippen LogP) is 1.67. The van der Waals surface area contributed by atoms with Gasteiger partial charge in [0, 0.05) is 6.04 Å². The van der Waals surface area contributed by atoms with E-state index in [4.69, 9.17) is 0 Å². The Morgan fingerprint density at radius 1 is 1.36 bits per heavy atom. The smallest absolute Gasteiger partial charge is 0.315 e. The maximum absolute atomic E-state index is 12.9. The third-order valence-electron chi connectivity index (χ3n) is 3.45. The molecule has 0 aromatic heterocycles. The SMILES string of the molecule is CC(CCN(C)C)NC(=O)NCC(C)(O)c1ccc(F)cc1. The van der Waals surface area contributed by atoms with Crippen molar-refractivity contribution >= 4 is 6.03 Å². The van der Waals surface area contributed by atoms with Crippen molar-refractivity contribution in [2.75, 3.05) is 27.2 Å². The van der Waals surface area contributed by atoms with Crippen LogP contribution in [0.1, 0.15) is 25.8 Å². The molecule has 0 heterocycles. The summed E-state index contributed by atoms with van der Waals surface area (Å²) in [6, 6.07) is 5.30. The van der Waals surface area contributed by atoms with Crippen LogP contribution in [-0.4, -0.2) is 49.3 Å². The van der Waals surface area contributed by atoms with Gasteiger partial charge in [-0.3, -0.25) is 0 Å². The summed E-state index contributed by atoms with van der Waals surface area (Å²) in [7, 11) is 3.96. The molecule has 22 heavy (non-hydrogen) atoms. The molecule has 5 nitrogen and oxygen atoms in total. The number of hydrogen-bond donors (Lipinski definition) is 3. The summed E-state index contributed by atoms with van der Waals surface area (Å²) >= 11 is 0. The van der Waals surface area contributed by atoms with Crippen molar-refractivity contribution in [3.05, 3.63) is 35.6 Å². The molecule has 0 radical (unpaired) electrons. The minimum absolute atomic E-state index is 0.0400. The molecule has 0 saturated carbocycles. The van der Waals surface area contributed by atoms with Gasteiger partial charge in [0.25, 0.3) is 0 Å². The zero-order valence-electron chi connectivity index (χ0n) is 13.7. The topological polar surface area (TPSA) is 64.6 Å². The molecule has 3 N–H and O–H groups in total. The molecule has 1 aromatic rings. The van der Waals surface area contributed by atoms with E-state index >= 15 is 0 Å². The van der Waals surface area contributed by atoms with Crippen molar-refractivity contribution in [1.82, 2.24) is 15.5 Å². The van der Waals surface area contributed by atoms with Crippen LogP contribution in [0.25, 0.3) is 0 Å². The van der Waals surface area contributed by atoms with Crippen LogP contribution in [0.4, 0.5) is 9.18 Å². The molecule has 2 amide bonds. The summed E-state index contributed by atoms with van der Waals surface area (Å²) < 4.78 is 12.9. The lowest BCUT2D eigenvalue weighted by atomic mass is 9.96. The number of amides is 2. The van der Waals surface area contributed by atoms with Gasteiger partial charge < -0.3 is 20.6 Å². The Bertz CT molecular complexity index is 475. The molecular weight excluding hydrogens is 285 g/mol. The van der Waals surface area contributed by atoms with E-state index in [1.165, 1.54) is 24.3 Å². The zero-order valence-corrected chi connectivity index (χ0v) is 13.7. The lowest BCUT2D eigenvalue weighted by molar-refractivity contribution is 0.0592. The largest absolute Gasteiger partial charge is 0.384 e. The van der Waals surface area contributed by atoms with Gasteiger partial charge in [-0.2, -0.15) is 0 Å². The highest BCUT2D eigenvalue weighted by atomic mass is 19.1. The van der Waals surface area contributed by atoms with Crippen LogP contribution in [0, 0.1) is 5.82 Å². The van der Waals surface area contributed by atoms with Gasteiger partial charge in [-0.25, -0.2) is 9.18 Å². The molecule has 0 aliphatic heterocycles. The first kappa shape index (κ1) is 18.4. The standard InChI is InChI=1S/C16H26FN3O2/c1-12(9-10-20(3)4)19-15(21)18-11-16(2,22)13-5-7-14(17)8-6-13/h5-8,12,22H,9-11H2,1-4H3,(H2,18,19,21). The van der Waals surface area contributed by atoms with Crippen molar-refractivity contribution in [1.29, 1.82) is 0 Å². The fourth-order valence-corrected chi connectivity index (χ4v) is 1.96. The normalized spacial score (nSPS) is 15.2. The fourth-order valence-electron chi connectivity index (χ4n) is 1.96. The van der Waals surface area contributed by atoms with Crippen LogP contribution >= 0.6 is 0 Å². The number of carbonyl (C=O) groups excluding carboxylic acids is 1. The third kappa shape index (κ3) is 6.41. The van der Waals surface area contributed by atoms with Gasteiger partial charge in [0.15, 0.2) is 0 Å². The maximum Gasteiger partial charge on any atom is 0.315 e. The van der Waals surface area contributed by atoms with E-state index in [1.54, 1.807) is 6.92 Å². The molecule has 2 atom stereocenters. The number of nitrogens with zero attached hydrogens (tertiary/aromatic N) is 1. The first-order valence-electron chi connectivity index (χ1n) is 7.38. The van der Waals surface area contributed by atoms with Crippen molar-refractivity contribution in [2.45, 2.75) is 31.9 Å². The van der Waals surface area contributed by atoms with Crippen LogP contribution in [0.15, 0.2) is 24.3 Å². The van der Waals surface area contributed by atoms with Gasteiger partial charge >= 0.3 is 6.03 Å². The highest BCUT2D eigenvalue weighted by molar-refractivity contribution is 5.74. The number of benzene rings is 1. The average Bonchev–Trinajstić information content (AvgIpc) is 2.43. The molecule has 0 aliphatic rings. The van der Waals surface area contributed by atoms with Gasteiger partial charge in [0.2, 0.25) is 0 Å². The summed E-state index contributed by atoms with van der Waals surface area (Å²) in [5, 5.41) is 15.8. The Hall–Kier alpha value is -1.66. The second kappa shape index (κ2) is 8.10. The van der Waals surface area contributed by atoms with Crippen LogP contribution in [0.5, 0.6) is 0 Å². The highest BCUT2D eigenvalue weighted by Gasteiger charge is 2.24. The Morgan fingerprint density at radius 2 is 1.95 bits per heavy atom. The van der Waals surface area contributed by atoms with Gasteiger partial charge in [-0.05, 0) is 58.6 Å². The molecule has 0 saturated heterocycles. The van der Waals surface area contributed by atoms with E-state index in [-0.39, 0.29) is 24.4 Å². The average molecular weight is 311 g/mol. The van der Waals surface area contributed by atoms with Crippen LogP contribution < -0.4 is 10.6 Å². The molecule has 0 fully saturated rings. The molecule has 2 unspecified atom stereocenters. The summed E-state index contributed by atoms with van der Waals surface area (Å²) in [5.74, 6) is -0.361. The quantitative estimate of drug-likeness (QED) is 0.718. The van der Waals surface area contributed by atoms with Gasteiger partial charge in [0.1, 0.15) is 11.4 Å². The Balaban J connectivity index is 2.43. The van der Waals surface area contributed by atoms with E-state index in [0.717, 1.165) is 13.0 Å². The van der Waals surface area contributed by atoms with Gasteiger partial charge in [-0.15, -0.1) is 0 Å². The Kier molecular flexibility index (Phi) is 6.77. The molecule has 1 aromatic carbocycles. The zero-order chi connectivity index (χ0) is 16.8. The van der Waals surface area contributed by atoms with Crippen LogP contribution in [0.2, 0.25) is 0 Å². The van der Waals surface area contributed by atoms with E-state index in [2.05, 4.69) is 15.5 Å². The molecular formula is C16H26FN3O2. The second-order valence-electron chi connectivity index (χ2n) is 6.10. The highest BCUT2D eigenvalue weighted by Crippen LogP contribution is 2.19. The van der Waals surface area contributed by atoms with E-state index in [1.807, 2.05) is 21.0 Å². The Labute approximate surface area is 131 Å². The van der Waals surface area contributed by atoms with Crippen molar-refractivity contribution in [3.8, 4) is 0 Å². The fraction of sp³-hybridized carbons (Fsp3) is 0.562. The number of aliphatic hydroxyl groups is 1. The summed E-state index contributed by atoms with van der Waals surface area (Å²) in [5.41, 5.74) is -0.701. The third-order valence-corrected chi connectivity index (χ3v) is 3.45. The van der Waals surface area contributed by atoms with Crippen molar-refractivity contribution in [3.63, 3.8) is 0 Å². The van der Waals surface area contributed by atoms with Gasteiger partial charge in [-0.1, -0.05) is 12.1 Å². The molecule has 6 heteroatoms. The number of halogens is 1. The van der Waals surface area contributed by atoms with E-state index < -0.39 is 5.60 Å². The number of urea groups is 1. The van der Waals surface area contributed by atoms with Crippen molar-refractivity contribution in [2.24, 2.45) is 0 Å². The number of rotatable bonds is 7. The summed E-state index contributed by atoms with van der Waals surface area (Å²) in [4.78, 5) is 13.9. The van der Waals surface area contributed by atoms with Crippen LogP contribution in [0.3, 0.4) is 0 Å². The molecule has 124 valence electrons. The number of carbonyl (C=O) groups is 1. The Morgan fingerprint density at radius 3 is 2.50 bits per heavy atom. The van der Waals surface area contributed by atoms with E-state index in [9.17, 15) is 14.3 Å². The first-order chi connectivity index (χ1) is 10.2. The molecule has 0 aliphatic carbocycles. The molecule has 0 bridgehead atoms. The van der Waals surface area contributed by atoms with Gasteiger partial charge in [0.05, 0.1) is 6.54 Å². The maximum atomic E-state index is 12.9. The van der Waals surface area contributed by atoms with E-state index in [0.29, 0.717) is 5.56 Å². The number of nitrogens with one attached hydrogen (secondary N) is 2. The first-order valence-corrected chi connectivity index (χ1v) is 7.38. The second-order valence-corrected chi connectivity index (χ2v) is 6.10.